The number of aromatic amines is 2. The molecule has 0 saturated carbocycles. The molecule has 0 spiro atoms. The lowest BCUT2D eigenvalue weighted by Crippen LogP contribution is -2.02. The lowest BCUT2D eigenvalue weighted by Gasteiger charge is -2.16. The largest absolute Gasteiger partial charge is 0.474 e. The van der Waals surface area contributed by atoms with Crippen molar-refractivity contribution in [3.63, 3.8) is 0 Å². The van der Waals surface area contributed by atoms with E-state index in [0.717, 1.165) is 89.4 Å². The van der Waals surface area contributed by atoms with Gasteiger partial charge in [0.05, 0.1) is 62.4 Å². The first-order chi connectivity index (χ1) is 26.8. The minimum absolute atomic E-state index is 0.172. The second kappa shape index (κ2) is 19.2. The third-order valence-corrected chi connectivity index (χ3v) is 13.1. The van der Waals surface area contributed by atoms with Gasteiger partial charge in [-0.15, -0.1) is 0 Å². The van der Waals surface area contributed by atoms with E-state index in [1.807, 2.05) is 18.2 Å². The summed E-state index contributed by atoms with van der Waals surface area (Å²) in [6.45, 7) is 24.8. The predicted molar refractivity (Wildman–Crippen MR) is 228 cm³/mol. The standard InChI is InChI=1S/C42H56N4O8P2/c1-11-31-27(7)35-23-36-29(9)33(19-17-21-53-55(47,49-13-3)50-14-4)41(45-36)26-42-34(20-18-22-54-56(48,51-15-5)52-16-6)30(10)38(46-42)25-40-32(12-2)28(8)37(44-40)24-39(31)43-35/h11-12,23-26,43-44H,1-2,13-22H2,3-10H3. The minimum Gasteiger partial charge on any atom is -0.355 e. The van der Waals surface area contributed by atoms with Gasteiger partial charge in [0, 0.05) is 33.2 Å². The van der Waals surface area contributed by atoms with Gasteiger partial charge in [0.2, 0.25) is 0 Å². The summed E-state index contributed by atoms with van der Waals surface area (Å²) in [5.41, 5.74) is 15.1. The third kappa shape index (κ3) is 9.69. The minimum atomic E-state index is -3.65. The predicted octanol–water partition coefficient (Wildman–Crippen LogP) is 12.0. The van der Waals surface area contributed by atoms with Gasteiger partial charge in [0.15, 0.2) is 0 Å². The van der Waals surface area contributed by atoms with Crippen LogP contribution in [0.25, 0.3) is 56.5 Å². The van der Waals surface area contributed by atoms with Crippen LogP contribution in [0.2, 0.25) is 0 Å². The molecule has 5 rings (SSSR count). The Kier molecular flexibility index (Phi) is 14.9. The smallest absolute Gasteiger partial charge is 0.355 e. The number of aryl methyl sites for hydroxylation is 2. The summed E-state index contributed by atoms with van der Waals surface area (Å²) < 4.78 is 58.8. The highest BCUT2D eigenvalue weighted by molar-refractivity contribution is 7.48. The van der Waals surface area contributed by atoms with Crippen LogP contribution < -0.4 is 0 Å². The van der Waals surface area contributed by atoms with E-state index < -0.39 is 15.6 Å². The average Bonchev–Trinajstić information content (AvgIpc) is 3.81. The Labute approximate surface area is 330 Å². The summed E-state index contributed by atoms with van der Waals surface area (Å²) in [7, 11) is -7.31. The molecule has 2 aliphatic heterocycles. The van der Waals surface area contributed by atoms with Gasteiger partial charge in [-0.25, -0.2) is 19.1 Å². The van der Waals surface area contributed by atoms with Crippen LogP contribution in [0.1, 0.15) is 112 Å². The van der Waals surface area contributed by atoms with Crippen LogP contribution in [0.3, 0.4) is 0 Å². The van der Waals surface area contributed by atoms with E-state index >= 15 is 0 Å². The number of fused-ring (bicyclic) bond motifs is 8. The Hall–Kier alpha value is -3.70. The fourth-order valence-electron chi connectivity index (χ4n) is 7.01. The van der Waals surface area contributed by atoms with Crippen LogP contribution in [-0.2, 0) is 36.3 Å². The van der Waals surface area contributed by atoms with Crippen LogP contribution in [-0.4, -0.2) is 59.6 Å². The van der Waals surface area contributed by atoms with E-state index in [-0.39, 0.29) is 39.6 Å². The summed E-state index contributed by atoms with van der Waals surface area (Å²) in [5.74, 6) is 0. The maximum absolute atomic E-state index is 13.0. The van der Waals surface area contributed by atoms with Crippen molar-refractivity contribution in [3.8, 4) is 0 Å². The maximum atomic E-state index is 13.0. The van der Waals surface area contributed by atoms with E-state index in [1.54, 1.807) is 27.7 Å². The van der Waals surface area contributed by atoms with E-state index in [0.29, 0.717) is 25.7 Å². The van der Waals surface area contributed by atoms with Crippen LogP contribution in [0.5, 0.6) is 0 Å². The highest BCUT2D eigenvalue weighted by Gasteiger charge is 2.27. The molecular weight excluding hydrogens is 750 g/mol. The second-order valence-corrected chi connectivity index (χ2v) is 16.7. The molecule has 8 bridgehead atoms. The molecule has 0 radical (unpaired) electrons. The lowest BCUT2D eigenvalue weighted by molar-refractivity contribution is 0.120. The number of hydrogen-bond donors (Lipinski definition) is 2. The van der Waals surface area contributed by atoms with E-state index in [2.05, 4.69) is 69.0 Å². The maximum Gasteiger partial charge on any atom is 0.474 e. The molecule has 0 aliphatic carbocycles. The topological polar surface area (TPSA) is 147 Å². The molecule has 0 fully saturated rings. The first kappa shape index (κ1) is 43.4. The normalized spacial score (nSPS) is 13.6. The molecule has 5 heterocycles. The Morgan fingerprint density at radius 1 is 0.554 bits per heavy atom. The summed E-state index contributed by atoms with van der Waals surface area (Å²) in [4.78, 5) is 17.7. The summed E-state index contributed by atoms with van der Waals surface area (Å²) >= 11 is 0. The van der Waals surface area contributed by atoms with Crippen molar-refractivity contribution in [1.29, 1.82) is 0 Å². The molecule has 0 aromatic carbocycles. The zero-order chi connectivity index (χ0) is 40.6. The van der Waals surface area contributed by atoms with Crippen LogP contribution in [0.15, 0.2) is 37.4 Å². The van der Waals surface area contributed by atoms with Gasteiger partial charge < -0.3 is 9.97 Å². The molecule has 0 saturated heterocycles. The molecule has 3 aromatic rings. The number of phosphoric acid groups is 2. The molecule has 12 nitrogen and oxygen atoms in total. The first-order valence-electron chi connectivity index (χ1n) is 19.3. The molecule has 56 heavy (non-hydrogen) atoms. The van der Waals surface area contributed by atoms with Gasteiger partial charge in [-0.2, -0.15) is 0 Å². The van der Waals surface area contributed by atoms with Crippen LogP contribution in [0, 0.1) is 13.8 Å². The van der Waals surface area contributed by atoms with Gasteiger partial charge in [-0.1, -0.05) is 25.3 Å². The van der Waals surface area contributed by atoms with Crippen molar-refractivity contribution in [2.24, 2.45) is 0 Å². The zero-order valence-corrected chi connectivity index (χ0v) is 35.8. The van der Waals surface area contributed by atoms with Gasteiger partial charge in [0.1, 0.15) is 0 Å². The fraction of sp³-hybridized carbons (Fsp3) is 0.429. The number of hydrogen-bond acceptors (Lipinski definition) is 10. The monoisotopic (exact) mass is 806 g/mol. The number of aromatic nitrogens is 4. The summed E-state index contributed by atoms with van der Waals surface area (Å²) in [6.07, 6.45) is 6.02. The highest BCUT2D eigenvalue weighted by atomic mass is 31.2. The Balaban J connectivity index is 1.67. The Bertz CT molecular complexity index is 2270. The van der Waals surface area contributed by atoms with Crippen LogP contribution >= 0.6 is 15.6 Å². The highest BCUT2D eigenvalue weighted by Crippen LogP contribution is 2.50. The number of allylic oxidation sites excluding steroid dienone is 4. The summed E-state index contributed by atoms with van der Waals surface area (Å²) in [6, 6.07) is 8.29. The average molecular weight is 807 g/mol. The van der Waals surface area contributed by atoms with E-state index in [4.69, 9.17) is 37.1 Å². The number of H-pyrrole nitrogens is 2. The van der Waals surface area contributed by atoms with Crippen molar-refractivity contribution in [2.75, 3.05) is 39.6 Å². The van der Waals surface area contributed by atoms with Crippen molar-refractivity contribution in [3.05, 3.63) is 82.5 Å². The van der Waals surface area contributed by atoms with Gasteiger partial charge in [-0.3, -0.25) is 27.1 Å². The Morgan fingerprint density at radius 3 is 1.32 bits per heavy atom. The van der Waals surface area contributed by atoms with Gasteiger partial charge in [-0.05, 0) is 139 Å². The van der Waals surface area contributed by atoms with Crippen molar-refractivity contribution >= 4 is 72.2 Å². The number of rotatable bonds is 20. The summed E-state index contributed by atoms with van der Waals surface area (Å²) in [5, 5.41) is 0. The molecule has 0 unspecified atom stereocenters. The lowest BCUT2D eigenvalue weighted by atomic mass is 9.98. The molecule has 2 aliphatic rings. The molecular formula is C42H56N4O8P2. The van der Waals surface area contributed by atoms with Gasteiger partial charge in [0.25, 0.3) is 0 Å². The van der Waals surface area contributed by atoms with Gasteiger partial charge >= 0.3 is 15.6 Å². The second-order valence-electron chi connectivity index (χ2n) is 13.4. The quantitative estimate of drug-likeness (QED) is 0.0835. The van der Waals surface area contributed by atoms with Crippen LogP contribution in [0.4, 0.5) is 0 Å². The number of phosphoric ester groups is 2. The van der Waals surface area contributed by atoms with Crippen molar-refractivity contribution < 1.29 is 36.3 Å². The van der Waals surface area contributed by atoms with E-state index in [9.17, 15) is 9.13 Å². The molecule has 0 atom stereocenters. The van der Waals surface area contributed by atoms with E-state index in [1.165, 1.54) is 0 Å². The molecule has 302 valence electrons. The number of nitrogens with zero attached hydrogens (tertiary/aromatic N) is 2. The molecule has 0 amide bonds. The Morgan fingerprint density at radius 2 is 0.929 bits per heavy atom. The molecule has 2 N–H and O–H groups in total. The molecule has 14 heteroatoms. The fourth-order valence-corrected chi connectivity index (χ4v) is 9.43. The SMILES string of the molecule is C=Cc1c(C)c2cc3[nH]c(cc4nc(cc5nc(cc1[nH]2)C(C)=C5CCCOP(=O)(OCC)OCC)C(CCCOP(=O)(OCC)OCC)=C4C)c(C)c3C=C. The first-order valence-corrected chi connectivity index (χ1v) is 22.2. The third-order valence-electron chi connectivity index (χ3n) is 9.83. The van der Waals surface area contributed by atoms with Crippen molar-refractivity contribution in [1.82, 2.24) is 19.9 Å². The molecule has 3 aromatic heterocycles. The number of nitrogens with one attached hydrogen (secondary N) is 2. The zero-order valence-electron chi connectivity index (χ0n) is 34.0. The van der Waals surface area contributed by atoms with Crippen molar-refractivity contribution in [2.45, 2.75) is 81.1 Å².